The van der Waals surface area contributed by atoms with Crippen molar-refractivity contribution in [3.05, 3.63) is 29.3 Å². The molecular formula is C13H17Cl2NO2. The van der Waals surface area contributed by atoms with Crippen molar-refractivity contribution in [2.24, 2.45) is 0 Å². The maximum absolute atomic E-state index is 11.9. The second kappa shape index (κ2) is 8.22. The zero-order valence-corrected chi connectivity index (χ0v) is 11.9. The molecule has 0 N–H and O–H groups in total. The highest BCUT2D eigenvalue weighted by Gasteiger charge is 2.12. The predicted octanol–water partition coefficient (Wildman–Crippen LogP) is 3.20. The maximum atomic E-state index is 11.9. The molecule has 3 nitrogen and oxygen atoms in total. The van der Waals surface area contributed by atoms with E-state index < -0.39 is 0 Å². The Morgan fingerprint density at radius 1 is 1.39 bits per heavy atom. The van der Waals surface area contributed by atoms with Crippen LogP contribution in [0.2, 0.25) is 5.02 Å². The van der Waals surface area contributed by atoms with E-state index in [9.17, 15) is 4.79 Å². The van der Waals surface area contributed by atoms with Crippen molar-refractivity contribution in [1.82, 2.24) is 4.90 Å². The Kier molecular flexibility index (Phi) is 6.91. The van der Waals surface area contributed by atoms with Crippen LogP contribution in [0, 0.1) is 0 Å². The first kappa shape index (κ1) is 15.1. The number of hydrogen-bond donors (Lipinski definition) is 0. The molecule has 5 heteroatoms. The van der Waals surface area contributed by atoms with E-state index in [1.54, 1.807) is 29.2 Å². The zero-order chi connectivity index (χ0) is 13.4. The van der Waals surface area contributed by atoms with Crippen LogP contribution in [0.1, 0.15) is 13.3 Å². The molecule has 0 unspecified atom stereocenters. The number of halogens is 2. The third-order valence-corrected chi connectivity index (χ3v) is 2.76. The van der Waals surface area contributed by atoms with E-state index in [1.165, 1.54) is 0 Å². The van der Waals surface area contributed by atoms with Crippen molar-refractivity contribution in [3.8, 4) is 5.75 Å². The summed E-state index contributed by atoms with van der Waals surface area (Å²) in [5.41, 5.74) is 0. The Bertz CT molecular complexity index is 379. The molecule has 0 aliphatic carbocycles. The summed E-state index contributed by atoms with van der Waals surface area (Å²) in [6.45, 7) is 3.28. The van der Waals surface area contributed by atoms with Gasteiger partial charge in [-0.3, -0.25) is 4.79 Å². The minimum absolute atomic E-state index is 0.0111. The number of amides is 1. The molecule has 0 radical (unpaired) electrons. The lowest BCUT2D eigenvalue weighted by atomic mass is 10.3. The van der Waals surface area contributed by atoms with Crippen LogP contribution in [-0.4, -0.2) is 36.4 Å². The molecule has 0 heterocycles. The lowest BCUT2D eigenvalue weighted by Crippen LogP contribution is -2.36. The first-order valence-corrected chi connectivity index (χ1v) is 6.80. The summed E-state index contributed by atoms with van der Waals surface area (Å²) in [4.78, 5) is 13.6. The Labute approximate surface area is 118 Å². The van der Waals surface area contributed by atoms with Gasteiger partial charge < -0.3 is 9.64 Å². The first-order valence-electron chi connectivity index (χ1n) is 5.89. The monoisotopic (exact) mass is 289 g/mol. The van der Waals surface area contributed by atoms with Gasteiger partial charge in [0.2, 0.25) is 0 Å². The molecular weight excluding hydrogens is 273 g/mol. The summed E-state index contributed by atoms with van der Waals surface area (Å²) in [5.74, 6) is 0.971. The number of benzene rings is 1. The highest BCUT2D eigenvalue weighted by molar-refractivity contribution is 6.30. The molecule has 0 atom stereocenters. The number of hydrogen-bond acceptors (Lipinski definition) is 2. The van der Waals surface area contributed by atoms with E-state index in [2.05, 4.69) is 0 Å². The normalized spacial score (nSPS) is 10.2. The van der Waals surface area contributed by atoms with Crippen molar-refractivity contribution >= 4 is 29.1 Å². The van der Waals surface area contributed by atoms with E-state index in [4.69, 9.17) is 27.9 Å². The van der Waals surface area contributed by atoms with Gasteiger partial charge in [0.25, 0.3) is 5.91 Å². The highest BCUT2D eigenvalue weighted by atomic mass is 35.5. The van der Waals surface area contributed by atoms with Crippen molar-refractivity contribution in [3.63, 3.8) is 0 Å². The predicted molar refractivity (Wildman–Crippen MR) is 74.5 cm³/mol. The Morgan fingerprint density at radius 2 is 2.17 bits per heavy atom. The largest absolute Gasteiger partial charge is 0.484 e. The molecule has 1 amide bonds. The number of carbonyl (C=O) groups excluding carboxylic acids is 1. The van der Waals surface area contributed by atoms with Crippen LogP contribution in [0.25, 0.3) is 0 Å². The maximum Gasteiger partial charge on any atom is 0.260 e. The van der Waals surface area contributed by atoms with Crippen LogP contribution in [0.15, 0.2) is 24.3 Å². The minimum Gasteiger partial charge on any atom is -0.484 e. The Morgan fingerprint density at radius 3 is 2.78 bits per heavy atom. The molecule has 1 rings (SSSR count). The summed E-state index contributed by atoms with van der Waals surface area (Å²) < 4.78 is 5.40. The third-order valence-electron chi connectivity index (χ3n) is 2.36. The topological polar surface area (TPSA) is 29.5 Å². The summed E-state index contributed by atoms with van der Waals surface area (Å²) in [7, 11) is 0. The lowest BCUT2D eigenvalue weighted by Gasteiger charge is -2.21. The SMILES string of the molecule is CCCN(CCCl)C(=O)COc1cccc(Cl)c1. The summed E-state index contributed by atoms with van der Waals surface area (Å²) in [6, 6.07) is 6.99. The standard InChI is InChI=1S/C13H17Cl2NO2/c1-2-7-16(8-6-14)13(17)10-18-12-5-3-4-11(15)9-12/h3-5,9H,2,6-8,10H2,1H3. The quantitative estimate of drug-likeness (QED) is 0.722. The molecule has 0 fully saturated rings. The van der Waals surface area contributed by atoms with Crippen LogP contribution in [0.5, 0.6) is 5.75 Å². The molecule has 0 aliphatic rings. The van der Waals surface area contributed by atoms with Gasteiger partial charge in [0.05, 0.1) is 0 Å². The average molecular weight is 290 g/mol. The van der Waals surface area contributed by atoms with E-state index in [0.29, 0.717) is 29.7 Å². The fourth-order valence-corrected chi connectivity index (χ4v) is 1.91. The molecule has 1 aromatic rings. The fourth-order valence-electron chi connectivity index (χ4n) is 1.53. The summed E-state index contributed by atoms with van der Waals surface area (Å²) >= 11 is 11.5. The van der Waals surface area contributed by atoms with Crippen LogP contribution in [0.4, 0.5) is 0 Å². The molecule has 0 aromatic heterocycles. The number of alkyl halides is 1. The molecule has 18 heavy (non-hydrogen) atoms. The average Bonchev–Trinajstić information content (AvgIpc) is 2.36. The van der Waals surface area contributed by atoms with E-state index in [1.807, 2.05) is 6.92 Å². The van der Waals surface area contributed by atoms with Crippen molar-refractivity contribution in [2.45, 2.75) is 13.3 Å². The minimum atomic E-state index is -0.0579. The third kappa shape index (κ3) is 5.15. The fraction of sp³-hybridized carbons (Fsp3) is 0.462. The zero-order valence-electron chi connectivity index (χ0n) is 10.4. The first-order chi connectivity index (χ1) is 8.67. The van der Waals surface area contributed by atoms with Crippen LogP contribution in [-0.2, 0) is 4.79 Å². The van der Waals surface area contributed by atoms with Gasteiger partial charge in [0.15, 0.2) is 6.61 Å². The van der Waals surface area contributed by atoms with Crippen molar-refractivity contribution in [2.75, 3.05) is 25.6 Å². The van der Waals surface area contributed by atoms with Gasteiger partial charge in [0, 0.05) is 24.0 Å². The highest BCUT2D eigenvalue weighted by Crippen LogP contribution is 2.17. The van der Waals surface area contributed by atoms with Gasteiger partial charge in [-0.15, -0.1) is 11.6 Å². The molecule has 0 aliphatic heterocycles. The Hall–Kier alpha value is -0.930. The van der Waals surface area contributed by atoms with E-state index >= 15 is 0 Å². The van der Waals surface area contributed by atoms with Crippen LogP contribution in [0.3, 0.4) is 0 Å². The molecule has 100 valence electrons. The molecule has 1 aromatic carbocycles. The number of ether oxygens (including phenoxy) is 1. The molecule has 0 saturated carbocycles. The van der Waals surface area contributed by atoms with Gasteiger partial charge in [-0.05, 0) is 24.6 Å². The lowest BCUT2D eigenvalue weighted by molar-refractivity contribution is -0.133. The molecule has 0 bridgehead atoms. The number of carbonyl (C=O) groups is 1. The van der Waals surface area contributed by atoms with Gasteiger partial charge in [-0.2, -0.15) is 0 Å². The molecule has 0 spiro atoms. The van der Waals surface area contributed by atoms with Crippen molar-refractivity contribution in [1.29, 1.82) is 0 Å². The van der Waals surface area contributed by atoms with E-state index in [0.717, 1.165) is 6.42 Å². The van der Waals surface area contributed by atoms with E-state index in [-0.39, 0.29) is 12.5 Å². The summed E-state index contributed by atoms with van der Waals surface area (Å²) in [5, 5.41) is 0.589. The second-order valence-electron chi connectivity index (χ2n) is 3.82. The molecule has 0 saturated heterocycles. The smallest absolute Gasteiger partial charge is 0.260 e. The second-order valence-corrected chi connectivity index (χ2v) is 4.63. The van der Waals surface area contributed by atoms with Crippen LogP contribution < -0.4 is 4.74 Å². The summed E-state index contributed by atoms with van der Waals surface area (Å²) in [6.07, 6.45) is 0.903. The van der Waals surface area contributed by atoms with Gasteiger partial charge in [-0.1, -0.05) is 24.6 Å². The Balaban J connectivity index is 2.48. The number of nitrogens with zero attached hydrogens (tertiary/aromatic N) is 1. The number of rotatable bonds is 7. The van der Waals surface area contributed by atoms with Gasteiger partial charge in [0.1, 0.15) is 5.75 Å². The van der Waals surface area contributed by atoms with Gasteiger partial charge in [-0.25, -0.2) is 0 Å². The van der Waals surface area contributed by atoms with Crippen LogP contribution >= 0.6 is 23.2 Å². The van der Waals surface area contributed by atoms with Crippen molar-refractivity contribution < 1.29 is 9.53 Å². The van der Waals surface area contributed by atoms with Gasteiger partial charge >= 0.3 is 0 Å².